The van der Waals surface area contributed by atoms with E-state index in [9.17, 15) is 8.78 Å². The standard InChI is InChI=1S/C8H8Cl2F2N2/c9-5-3-6(10)7(14-4-5)8(11,12)1-2-13/h3-4H,1-2,13H2. The summed E-state index contributed by atoms with van der Waals surface area (Å²) in [5.74, 6) is -3.10. The molecule has 0 saturated carbocycles. The van der Waals surface area contributed by atoms with E-state index < -0.39 is 18.0 Å². The Hall–Kier alpha value is -0.450. The summed E-state index contributed by atoms with van der Waals surface area (Å²) in [5, 5.41) is 0.0817. The molecule has 1 aromatic heterocycles. The third-order valence-electron chi connectivity index (χ3n) is 1.61. The third-order valence-corrected chi connectivity index (χ3v) is 2.11. The molecule has 2 nitrogen and oxygen atoms in total. The van der Waals surface area contributed by atoms with Gasteiger partial charge in [0.05, 0.1) is 10.0 Å². The van der Waals surface area contributed by atoms with Crippen LogP contribution in [0.5, 0.6) is 0 Å². The Morgan fingerprint density at radius 2 is 2.07 bits per heavy atom. The van der Waals surface area contributed by atoms with Crippen molar-refractivity contribution in [2.24, 2.45) is 5.73 Å². The van der Waals surface area contributed by atoms with Crippen molar-refractivity contribution in [3.63, 3.8) is 0 Å². The molecule has 14 heavy (non-hydrogen) atoms. The van der Waals surface area contributed by atoms with Gasteiger partial charge in [-0.2, -0.15) is 8.78 Å². The topological polar surface area (TPSA) is 38.9 Å². The Morgan fingerprint density at radius 1 is 1.43 bits per heavy atom. The van der Waals surface area contributed by atoms with Gasteiger partial charge in [0.2, 0.25) is 0 Å². The molecule has 0 radical (unpaired) electrons. The fourth-order valence-electron chi connectivity index (χ4n) is 0.983. The van der Waals surface area contributed by atoms with Gasteiger partial charge in [-0.3, -0.25) is 4.98 Å². The quantitative estimate of drug-likeness (QED) is 0.883. The minimum Gasteiger partial charge on any atom is -0.330 e. The maximum atomic E-state index is 13.3. The maximum Gasteiger partial charge on any atom is 0.292 e. The smallest absolute Gasteiger partial charge is 0.292 e. The Labute approximate surface area is 90.0 Å². The van der Waals surface area contributed by atoms with E-state index in [2.05, 4.69) is 4.98 Å². The largest absolute Gasteiger partial charge is 0.330 e. The average Bonchev–Trinajstić information content (AvgIpc) is 2.02. The molecule has 0 bridgehead atoms. The molecule has 78 valence electrons. The molecule has 0 aliphatic heterocycles. The van der Waals surface area contributed by atoms with E-state index in [1.54, 1.807) is 0 Å². The van der Waals surface area contributed by atoms with Crippen LogP contribution in [-0.4, -0.2) is 11.5 Å². The lowest BCUT2D eigenvalue weighted by Crippen LogP contribution is -2.20. The van der Waals surface area contributed by atoms with Gasteiger partial charge in [-0.25, -0.2) is 0 Å². The van der Waals surface area contributed by atoms with Gasteiger partial charge in [0.15, 0.2) is 0 Å². The maximum absolute atomic E-state index is 13.3. The molecule has 0 amide bonds. The molecule has 0 saturated heterocycles. The molecule has 0 unspecified atom stereocenters. The van der Waals surface area contributed by atoms with Crippen molar-refractivity contribution in [3.05, 3.63) is 28.0 Å². The number of nitrogens with zero attached hydrogens (tertiary/aromatic N) is 1. The lowest BCUT2D eigenvalue weighted by Gasteiger charge is -2.15. The number of hydrogen-bond acceptors (Lipinski definition) is 2. The summed E-state index contributed by atoms with van der Waals surface area (Å²) in [4.78, 5) is 3.50. The van der Waals surface area contributed by atoms with Crippen LogP contribution in [0.25, 0.3) is 0 Å². The number of hydrogen-bond donors (Lipinski definition) is 1. The highest BCUT2D eigenvalue weighted by Gasteiger charge is 2.34. The highest BCUT2D eigenvalue weighted by atomic mass is 35.5. The summed E-state index contributed by atoms with van der Waals surface area (Å²) >= 11 is 11.1. The first kappa shape index (κ1) is 11.6. The van der Waals surface area contributed by atoms with Gasteiger partial charge >= 0.3 is 0 Å². The minimum atomic E-state index is -3.10. The number of alkyl halides is 2. The SMILES string of the molecule is NCCC(F)(F)c1ncc(Cl)cc1Cl. The van der Waals surface area contributed by atoms with Gasteiger partial charge in [0.1, 0.15) is 5.69 Å². The van der Waals surface area contributed by atoms with Crippen molar-refractivity contribution < 1.29 is 8.78 Å². The fourth-order valence-corrected chi connectivity index (χ4v) is 1.50. The molecule has 1 heterocycles. The Balaban J connectivity index is 3.06. The zero-order chi connectivity index (χ0) is 10.8. The van der Waals surface area contributed by atoms with Crippen molar-refractivity contribution in [3.8, 4) is 0 Å². The molecular weight excluding hydrogens is 233 g/mol. The van der Waals surface area contributed by atoms with E-state index in [1.165, 1.54) is 6.07 Å². The fraction of sp³-hybridized carbons (Fsp3) is 0.375. The van der Waals surface area contributed by atoms with Crippen LogP contribution in [0.4, 0.5) is 8.78 Å². The molecule has 0 aromatic carbocycles. The molecule has 6 heteroatoms. The molecule has 0 aliphatic carbocycles. The number of pyridine rings is 1. The Morgan fingerprint density at radius 3 is 2.57 bits per heavy atom. The number of aromatic nitrogens is 1. The lowest BCUT2D eigenvalue weighted by molar-refractivity contribution is -0.0150. The van der Waals surface area contributed by atoms with Gasteiger partial charge in [-0.1, -0.05) is 23.2 Å². The molecule has 1 aromatic rings. The van der Waals surface area contributed by atoms with Crippen LogP contribution >= 0.6 is 23.2 Å². The van der Waals surface area contributed by atoms with Crippen molar-refractivity contribution in [1.82, 2.24) is 4.98 Å². The van der Waals surface area contributed by atoms with Crippen molar-refractivity contribution in [1.29, 1.82) is 0 Å². The minimum absolute atomic E-state index is 0.131. The first-order valence-electron chi connectivity index (χ1n) is 3.87. The van der Waals surface area contributed by atoms with Gasteiger partial charge in [0.25, 0.3) is 5.92 Å². The summed E-state index contributed by atoms with van der Waals surface area (Å²) in [6.07, 6.45) is 0.647. The van der Waals surface area contributed by atoms with E-state index in [-0.39, 0.29) is 16.6 Å². The molecular formula is C8H8Cl2F2N2. The number of nitrogens with two attached hydrogens (primary N) is 1. The van der Waals surface area contributed by atoms with E-state index in [0.29, 0.717) is 0 Å². The molecule has 0 fully saturated rings. The van der Waals surface area contributed by atoms with Crippen molar-refractivity contribution in [2.45, 2.75) is 12.3 Å². The van der Waals surface area contributed by atoms with Crippen LogP contribution in [0.2, 0.25) is 10.0 Å². The molecule has 0 spiro atoms. The summed E-state index contributed by atoms with van der Waals surface area (Å²) in [5.41, 5.74) is 4.58. The summed E-state index contributed by atoms with van der Waals surface area (Å²) in [7, 11) is 0. The molecule has 2 N–H and O–H groups in total. The average molecular weight is 241 g/mol. The highest BCUT2D eigenvalue weighted by Crippen LogP contribution is 2.35. The van der Waals surface area contributed by atoms with E-state index >= 15 is 0 Å². The zero-order valence-electron chi connectivity index (χ0n) is 7.11. The summed E-state index contributed by atoms with van der Waals surface area (Å²) in [6.45, 7) is -0.131. The van der Waals surface area contributed by atoms with Crippen LogP contribution in [0, 0.1) is 0 Å². The van der Waals surface area contributed by atoms with E-state index in [1.807, 2.05) is 0 Å². The van der Waals surface area contributed by atoms with Gasteiger partial charge in [-0.05, 0) is 12.6 Å². The predicted molar refractivity (Wildman–Crippen MR) is 51.8 cm³/mol. The summed E-state index contributed by atoms with van der Waals surface area (Å²) in [6, 6.07) is 1.23. The van der Waals surface area contributed by atoms with Gasteiger partial charge in [0, 0.05) is 12.6 Å². The van der Waals surface area contributed by atoms with Crippen molar-refractivity contribution >= 4 is 23.2 Å². The lowest BCUT2D eigenvalue weighted by atomic mass is 10.1. The Bertz CT molecular complexity index is 331. The number of rotatable bonds is 3. The highest BCUT2D eigenvalue weighted by molar-refractivity contribution is 6.34. The molecule has 0 atom stereocenters. The first-order chi connectivity index (χ1) is 6.47. The normalized spacial score (nSPS) is 11.8. The van der Waals surface area contributed by atoms with E-state index in [4.69, 9.17) is 28.9 Å². The predicted octanol–water partition coefficient (Wildman–Crippen LogP) is 2.83. The second-order valence-electron chi connectivity index (χ2n) is 2.73. The van der Waals surface area contributed by atoms with Crippen LogP contribution in [0.1, 0.15) is 12.1 Å². The second kappa shape index (κ2) is 4.38. The molecule has 1 rings (SSSR count). The Kier molecular flexibility index (Phi) is 3.64. The monoisotopic (exact) mass is 240 g/mol. The van der Waals surface area contributed by atoms with Crippen LogP contribution in [-0.2, 0) is 5.92 Å². The van der Waals surface area contributed by atoms with Crippen LogP contribution < -0.4 is 5.73 Å². The third kappa shape index (κ3) is 2.53. The first-order valence-corrected chi connectivity index (χ1v) is 4.62. The summed E-state index contributed by atoms with van der Waals surface area (Å²) < 4.78 is 26.6. The second-order valence-corrected chi connectivity index (χ2v) is 3.57. The van der Waals surface area contributed by atoms with Crippen molar-refractivity contribution in [2.75, 3.05) is 6.54 Å². The van der Waals surface area contributed by atoms with Gasteiger partial charge < -0.3 is 5.73 Å². The zero-order valence-corrected chi connectivity index (χ0v) is 8.62. The van der Waals surface area contributed by atoms with Crippen LogP contribution in [0.3, 0.4) is 0 Å². The van der Waals surface area contributed by atoms with E-state index in [0.717, 1.165) is 6.20 Å². The number of halogens is 4. The molecule has 0 aliphatic rings. The van der Waals surface area contributed by atoms with Gasteiger partial charge in [-0.15, -0.1) is 0 Å². The van der Waals surface area contributed by atoms with Crippen LogP contribution in [0.15, 0.2) is 12.3 Å².